The number of aryl methyl sites for hydroxylation is 1. The third-order valence-electron chi connectivity index (χ3n) is 4.05. The van der Waals surface area contributed by atoms with Gasteiger partial charge in [0.25, 0.3) is 5.95 Å². The number of rotatable bonds is 7. The van der Waals surface area contributed by atoms with Crippen LogP contribution in [0, 0.1) is 12.7 Å². The quantitative estimate of drug-likeness (QED) is 0.693. The van der Waals surface area contributed by atoms with Gasteiger partial charge in [-0.1, -0.05) is 24.3 Å². The van der Waals surface area contributed by atoms with Gasteiger partial charge in [-0.25, -0.2) is 4.39 Å². The maximum atomic E-state index is 12.9. The van der Waals surface area contributed by atoms with Crippen molar-refractivity contribution in [2.45, 2.75) is 20.3 Å². The van der Waals surface area contributed by atoms with Crippen LogP contribution in [-0.2, 0) is 6.42 Å². The van der Waals surface area contributed by atoms with E-state index in [0.717, 1.165) is 24.2 Å². The van der Waals surface area contributed by atoms with Gasteiger partial charge in [-0.05, 0) is 55.7 Å². The highest BCUT2D eigenvalue weighted by Gasteiger charge is 2.11. The first-order chi connectivity index (χ1) is 12.7. The summed E-state index contributed by atoms with van der Waals surface area (Å²) in [6.07, 6.45) is 2.38. The maximum absolute atomic E-state index is 12.9. The summed E-state index contributed by atoms with van der Waals surface area (Å²) in [5.41, 5.74) is 3.29. The van der Waals surface area contributed by atoms with Gasteiger partial charge in [0.05, 0.1) is 6.20 Å². The molecule has 5 nitrogen and oxygen atoms in total. The summed E-state index contributed by atoms with van der Waals surface area (Å²) < 4.78 is 12.9. The normalized spacial score (nSPS) is 10.6. The van der Waals surface area contributed by atoms with Gasteiger partial charge in [-0.3, -0.25) is 0 Å². The Morgan fingerprint density at radius 3 is 2.65 bits per heavy atom. The van der Waals surface area contributed by atoms with Crippen LogP contribution < -0.4 is 10.2 Å². The molecule has 0 saturated heterocycles. The molecule has 0 aliphatic carbocycles. The summed E-state index contributed by atoms with van der Waals surface area (Å²) in [6.45, 7) is 5.54. The van der Waals surface area contributed by atoms with Crippen molar-refractivity contribution in [3.8, 4) is 0 Å². The molecule has 0 spiro atoms. The molecule has 0 saturated carbocycles. The molecule has 134 valence electrons. The third kappa shape index (κ3) is 4.53. The molecule has 3 rings (SSSR count). The fourth-order valence-electron chi connectivity index (χ4n) is 2.71. The van der Waals surface area contributed by atoms with E-state index in [0.29, 0.717) is 18.3 Å². The van der Waals surface area contributed by atoms with Crippen LogP contribution in [0.2, 0.25) is 0 Å². The second kappa shape index (κ2) is 8.38. The molecule has 0 amide bonds. The summed E-state index contributed by atoms with van der Waals surface area (Å²) in [5.74, 6) is 1.01. The molecule has 0 aliphatic rings. The van der Waals surface area contributed by atoms with Crippen molar-refractivity contribution < 1.29 is 4.39 Å². The minimum atomic E-state index is -0.220. The zero-order valence-electron chi connectivity index (χ0n) is 15.0. The van der Waals surface area contributed by atoms with Crippen LogP contribution in [0.3, 0.4) is 0 Å². The number of anilines is 3. The predicted octanol–water partition coefficient (Wildman–Crippen LogP) is 4.13. The van der Waals surface area contributed by atoms with Gasteiger partial charge in [0.15, 0.2) is 5.82 Å². The Bertz CT molecular complexity index is 851. The summed E-state index contributed by atoms with van der Waals surface area (Å²) in [6, 6.07) is 14.7. The summed E-state index contributed by atoms with van der Waals surface area (Å²) in [7, 11) is 0. The van der Waals surface area contributed by atoms with E-state index in [1.54, 1.807) is 18.3 Å². The second-order valence-electron chi connectivity index (χ2n) is 6.03. The molecule has 26 heavy (non-hydrogen) atoms. The lowest BCUT2D eigenvalue weighted by Gasteiger charge is -2.21. The zero-order chi connectivity index (χ0) is 18.4. The van der Waals surface area contributed by atoms with E-state index < -0.39 is 0 Å². The first-order valence-electron chi connectivity index (χ1n) is 8.68. The highest BCUT2D eigenvalue weighted by Crippen LogP contribution is 2.22. The molecular formula is C20H22FN5. The number of nitrogens with one attached hydrogen (secondary N) is 1. The summed E-state index contributed by atoms with van der Waals surface area (Å²) in [4.78, 5) is 6.60. The van der Waals surface area contributed by atoms with E-state index >= 15 is 0 Å². The number of benzene rings is 2. The monoisotopic (exact) mass is 351 g/mol. The lowest BCUT2D eigenvalue weighted by atomic mass is 10.1. The minimum Gasteiger partial charge on any atom is -0.368 e. The fraction of sp³-hybridized carbons (Fsp3) is 0.250. The highest BCUT2D eigenvalue weighted by atomic mass is 19.1. The van der Waals surface area contributed by atoms with Crippen molar-refractivity contribution >= 4 is 17.5 Å². The molecule has 0 atom stereocenters. The highest BCUT2D eigenvalue weighted by molar-refractivity contribution is 5.58. The predicted molar refractivity (Wildman–Crippen MR) is 102 cm³/mol. The van der Waals surface area contributed by atoms with Gasteiger partial charge in [0.1, 0.15) is 5.82 Å². The first-order valence-corrected chi connectivity index (χ1v) is 8.68. The fourth-order valence-corrected chi connectivity index (χ4v) is 2.71. The van der Waals surface area contributed by atoms with Crippen LogP contribution in [0.1, 0.15) is 18.1 Å². The van der Waals surface area contributed by atoms with Crippen molar-refractivity contribution in [3.05, 3.63) is 71.7 Å². The molecule has 6 heteroatoms. The van der Waals surface area contributed by atoms with E-state index in [9.17, 15) is 4.39 Å². The molecule has 0 bridgehead atoms. The van der Waals surface area contributed by atoms with Gasteiger partial charge in [0, 0.05) is 18.8 Å². The lowest BCUT2D eigenvalue weighted by molar-refractivity contribution is 0.627. The molecule has 1 aromatic heterocycles. The molecule has 0 radical (unpaired) electrons. The zero-order valence-corrected chi connectivity index (χ0v) is 15.0. The minimum absolute atomic E-state index is 0.220. The Kier molecular flexibility index (Phi) is 5.73. The van der Waals surface area contributed by atoms with Gasteiger partial charge in [-0.2, -0.15) is 10.1 Å². The Hall–Kier alpha value is -3.02. The second-order valence-corrected chi connectivity index (χ2v) is 6.03. The van der Waals surface area contributed by atoms with E-state index in [2.05, 4.69) is 46.5 Å². The van der Waals surface area contributed by atoms with Gasteiger partial charge in [0.2, 0.25) is 0 Å². The van der Waals surface area contributed by atoms with Crippen LogP contribution in [0.5, 0.6) is 0 Å². The molecule has 2 aromatic carbocycles. The Morgan fingerprint density at radius 2 is 1.92 bits per heavy atom. The van der Waals surface area contributed by atoms with Crippen LogP contribution in [-0.4, -0.2) is 28.3 Å². The SMILES string of the molecule is CCN(c1cccc(C)c1)c1nncc(NCCc2ccc(F)cc2)n1. The number of nitrogens with zero attached hydrogens (tertiary/aromatic N) is 4. The summed E-state index contributed by atoms with van der Waals surface area (Å²) >= 11 is 0. The van der Waals surface area contributed by atoms with Gasteiger partial charge >= 0.3 is 0 Å². The molecule has 0 unspecified atom stereocenters. The van der Waals surface area contributed by atoms with Crippen LogP contribution in [0.15, 0.2) is 54.7 Å². The van der Waals surface area contributed by atoms with E-state index in [1.165, 1.54) is 17.7 Å². The molecule has 1 N–H and O–H groups in total. The van der Waals surface area contributed by atoms with E-state index in [-0.39, 0.29) is 5.82 Å². The van der Waals surface area contributed by atoms with Crippen molar-refractivity contribution in [3.63, 3.8) is 0 Å². The average Bonchev–Trinajstić information content (AvgIpc) is 2.65. The maximum Gasteiger partial charge on any atom is 0.251 e. The number of halogens is 1. The number of aromatic nitrogens is 3. The Labute approximate surface area is 152 Å². The third-order valence-corrected chi connectivity index (χ3v) is 4.05. The Balaban J connectivity index is 1.67. The average molecular weight is 351 g/mol. The van der Waals surface area contributed by atoms with Gasteiger partial charge < -0.3 is 10.2 Å². The standard InChI is InChI=1S/C20H22FN5/c1-3-26(18-6-4-5-15(2)13-18)20-24-19(14-23-25-20)22-12-11-16-7-9-17(21)10-8-16/h4-10,13-14H,3,11-12H2,1-2H3,(H,22,24,25). The smallest absolute Gasteiger partial charge is 0.251 e. The van der Waals surface area contributed by atoms with Crippen molar-refractivity contribution in [2.75, 3.05) is 23.3 Å². The number of hydrogen-bond acceptors (Lipinski definition) is 5. The summed E-state index contributed by atoms with van der Waals surface area (Å²) in [5, 5.41) is 11.5. The topological polar surface area (TPSA) is 53.9 Å². The largest absolute Gasteiger partial charge is 0.368 e. The molecular weight excluding hydrogens is 329 g/mol. The van der Waals surface area contributed by atoms with Crippen molar-refractivity contribution in [1.82, 2.24) is 15.2 Å². The molecule has 0 aliphatic heterocycles. The van der Waals surface area contributed by atoms with E-state index in [1.807, 2.05) is 17.0 Å². The number of hydrogen-bond donors (Lipinski definition) is 1. The van der Waals surface area contributed by atoms with Gasteiger partial charge in [-0.15, -0.1) is 5.10 Å². The van der Waals surface area contributed by atoms with Crippen LogP contribution in [0.4, 0.5) is 21.8 Å². The molecule has 3 aromatic rings. The van der Waals surface area contributed by atoms with Crippen molar-refractivity contribution in [1.29, 1.82) is 0 Å². The first kappa shape index (κ1) is 17.8. The lowest BCUT2D eigenvalue weighted by Crippen LogP contribution is -2.20. The van der Waals surface area contributed by atoms with E-state index in [4.69, 9.17) is 0 Å². The molecule has 1 heterocycles. The molecule has 0 fully saturated rings. The van der Waals surface area contributed by atoms with Crippen LogP contribution >= 0.6 is 0 Å². The van der Waals surface area contributed by atoms with Crippen LogP contribution in [0.25, 0.3) is 0 Å². The Morgan fingerprint density at radius 1 is 1.12 bits per heavy atom. The van der Waals surface area contributed by atoms with Crippen molar-refractivity contribution in [2.24, 2.45) is 0 Å².